The number of hydrogen-bond donors (Lipinski definition) is 3. The maximum atomic E-state index is 14.2. The minimum Gasteiger partial charge on any atom is -0.350 e. The number of H-pyrrole nitrogens is 1. The van der Waals surface area contributed by atoms with Gasteiger partial charge < -0.3 is 10.3 Å². The average molecular weight is 543 g/mol. The molecule has 2 heterocycles. The number of hydrogen-bond acceptors (Lipinski definition) is 4. The molecule has 0 aliphatic carbocycles. The topological polar surface area (TPSA) is 104 Å². The van der Waals surface area contributed by atoms with E-state index in [4.69, 9.17) is 0 Å². The van der Waals surface area contributed by atoms with Gasteiger partial charge in [-0.05, 0) is 52.9 Å². The Morgan fingerprint density at radius 1 is 0.949 bits per heavy atom. The van der Waals surface area contributed by atoms with Crippen LogP contribution in [0, 0.1) is 5.82 Å². The molecule has 198 valence electrons. The lowest BCUT2D eigenvalue weighted by molar-refractivity contribution is 0.102. The fourth-order valence-electron chi connectivity index (χ4n) is 4.34. The second kappa shape index (κ2) is 9.99. The van der Waals surface area contributed by atoms with E-state index in [1.807, 2.05) is 42.5 Å². The maximum Gasteiger partial charge on any atom is 0.272 e. The van der Waals surface area contributed by atoms with E-state index in [0.717, 1.165) is 17.3 Å². The van der Waals surface area contributed by atoms with E-state index in [2.05, 4.69) is 40.8 Å². The van der Waals surface area contributed by atoms with E-state index in [-0.39, 0.29) is 21.7 Å². The Balaban J connectivity index is 1.54. The molecule has 0 aliphatic rings. The maximum absolute atomic E-state index is 14.2. The highest BCUT2D eigenvalue weighted by Crippen LogP contribution is 2.35. The second-order valence-electron chi connectivity index (χ2n) is 10.2. The van der Waals surface area contributed by atoms with Gasteiger partial charge in [0.15, 0.2) is 5.82 Å². The van der Waals surface area contributed by atoms with Crippen molar-refractivity contribution in [2.24, 2.45) is 0 Å². The summed E-state index contributed by atoms with van der Waals surface area (Å²) in [6, 6.07) is 22.4. The van der Waals surface area contributed by atoms with E-state index in [0.29, 0.717) is 22.2 Å². The molecule has 0 fully saturated rings. The summed E-state index contributed by atoms with van der Waals surface area (Å²) < 4.78 is 43.2. The molecule has 7 nitrogen and oxygen atoms in total. The number of nitrogens with zero attached hydrogens (tertiary/aromatic N) is 1. The van der Waals surface area contributed by atoms with Crippen molar-refractivity contribution >= 4 is 38.2 Å². The first kappa shape index (κ1) is 26.1. The van der Waals surface area contributed by atoms with Crippen LogP contribution in [0.25, 0.3) is 22.0 Å². The number of nitrogens with one attached hydrogen (secondary N) is 3. The van der Waals surface area contributed by atoms with Crippen LogP contribution in [0.4, 0.5) is 15.8 Å². The SMILES string of the molecule is CC(C)(C)c1ccc(S(=O)(=O)Nc2ccc3[nH]c(C(=O)Nc4ccncc4F)c(-c4ccccc4)c3c2)cc1. The molecule has 0 unspecified atom stereocenters. The normalized spacial score (nSPS) is 11.9. The molecule has 2 aromatic heterocycles. The number of sulfonamides is 1. The fourth-order valence-corrected chi connectivity index (χ4v) is 5.39. The zero-order valence-electron chi connectivity index (χ0n) is 21.6. The van der Waals surface area contributed by atoms with Crippen LogP contribution in [0.15, 0.2) is 96.2 Å². The van der Waals surface area contributed by atoms with Crippen LogP contribution in [0.2, 0.25) is 0 Å². The summed E-state index contributed by atoms with van der Waals surface area (Å²) in [6.45, 7) is 6.19. The van der Waals surface area contributed by atoms with Crippen molar-refractivity contribution < 1.29 is 17.6 Å². The lowest BCUT2D eigenvalue weighted by Gasteiger charge is -2.19. The average Bonchev–Trinajstić information content (AvgIpc) is 3.29. The number of benzene rings is 3. The first-order chi connectivity index (χ1) is 18.5. The Morgan fingerprint density at radius 3 is 2.33 bits per heavy atom. The number of aromatic nitrogens is 2. The minimum atomic E-state index is -3.86. The smallest absolute Gasteiger partial charge is 0.272 e. The van der Waals surface area contributed by atoms with Crippen LogP contribution < -0.4 is 10.0 Å². The van der Waals surface area contributed by atoms with Crippen molar-refractivity contribution in [1.82, 2.24) is 9.97 Å². The Labute approximate surface area is 226 Å². The molecule has 0 bridgehead atoms. The zero-order chi connectivity index (χ0) is 27.8. The summed E-state index contributed by atoms with van der Waals surface area (Å²) in [7, 11) is -3.86. The van der Waals surface area contributed by atoms with E-state index in [1.54, 1.807) is 30.3 Å². The van der Waals surface area contributed by atoms with Gasteiger partial charge in [0.25, 0.3) is 15.9 Å². The van der Waals surface area contributed by atoms with Crippen molar-refractivity contribution in [3.63, 3.8) is 0 Å². The van der Waals surface area contributed by atoms with Crippen LogP contribution in [0.1, 0.15) is 36.8 Å². The molecule has 0 atom stereocenters. The molecule has 5 aromatic rings. The number of aromatic amines is 1. The summed E-state index contributed by atoms with van der Waals surface area (Å²) >= 11 is 0. The highest BCUT2D eigenvalue weighted by atomic mass is 32.2. The first-order valence-electron chi connectivity index (χ1n) is 12.3. The molecule has 5 rings (SSSR count). The van der Waals surface area contributed by atoms with E-state index >= 15 is 0 Å². The van der Waals surface area contributed by atoms with Crippen LogP contribution in [-0.2, 0) is 15.4 Å². The van der Waals surface area contributed by atoms with Crippen LogP contribution in [0.3, 0.4) is 0 Å². The van der Waals surface area contributed by atoms with Gasteiger partial charge in [-0.3, -0.25) is 14.5 Å². The highest BCUT2D eigenvalue weighted by molar-refractivity contribution is 7.92. The molecule has 0 aliphatic heterocycles. The van der Waals surface area contributed by atoms with Gasteiger partial charge in [-0.2, -0.15) is 0 Å². The predicted molar refractivity (Wildman–Crippen MR) is 152 cm³/mol. The zero-order valence-corrected chi connectivity index (χ0v) is 22.4. The van der Waals surface area contributed by atoms with E-state index in [9.17, 15) is 17.6 Å². The summed E-state index contributed by atoms with van der Waals surface area (Å²) in [5.41, 5.74) is 3.40. The van der Waals surface area contributed by atoms with Crippen LogP contribution in [0.5, 0.6) is 0 Å². The molecular formula is C30H27FN4O3S. The van der Waals surface area contributed by atoms with Crippen molar-refractivity contribution in [3.8, 4) is 11.1 Å². The molecule has 0 saturated heterocycles. The highest BCUT2D eigenvalue weighted by Gasteiger charge is 2.22. The number of pyridine rings is 1. The van der Waals surface area contributed by atoms with Gasteiger partial charge in [0.2, 0.25) is 0 Å². The van der Waals surface area contributed by atoms with Crippen molar-refractivity contribution in [2.75, 3.05) is 10.0 Å². The first-order valence-corrected chi connectivity index (χ1v) is 13.8. The van der Waals surface area contributed by atoms with Gasteiger partial charge in [-0.25, -0.2) is 12.8 Å². The van der Waals surface area contributed by atoms with Crippen molar-refractivity contribution in [1.29, 1.82) is 0 Å². The van der Waals surface area contributed by atoms with Crippen LogP contribution >= 0.6 is 0 Å². The molecule has 1 amide bonds. The molecule has 3 N–H and O–H groups in total. The molecular weight excluding hydrogens is 515 g/mol. The number of fused-ring (bicyclic) bond motifs is 1. The molecule has 0 spiro atoms. The minimum absolute atomic E-state index is 0.00130. The van der Waals surface area contributed by atoms with Gasteiger partial charge >= 0.3 is 0 Å². The summed E-state index contributed by atoms with van der Waals surface area (Å²) in [4.78, 5) is 20.3. The lowest BCUT2D eigenvalue weighted by atomic mass is 9.87. The number of amides is 1. The molecule has 0 saturated carbocycles. The summed E-state index contributed by atoms with van der Waals surface area (Å²) in [6.07, 6.45) is 2.41. The quantitative estimate of drug-likeness (QED) is 0.222. The largest absolute Gasteiger partial charge is 0.350 e. The molecule has 9 heteroatoms. The number of carbonyl (C=O) groups excluding carboxylic acids is 1. The van der Waals surface area contributed by atoms with Gasteiger partial charge in [0.1, 0.15) is 5.69 Å². The monoisotopic (exact) mass is 542 g/mol. The van der Waals surface area contributed by atoms with E-state index in [1.165, 1.54) is 12.3 Å². The van der Waals surface area contributed by atoms with Crippen LogP contribution in [-0.4, -0.2) is 24.3 Å². The number of halogens is 1. The standard InChI is InChI=1S/C30H27FN4O3S/c1-30(2,3)20-9-12-22(13-10-20)39(37,38)35-21-11-14-25-23(17-21)27(19-7-5-4-6-8-19)28(33-25)29(36)34-26-15-16-32-18-24(26)31/h4-18,33,35H,1-3H3,(H,32,34,36). The van der Waals surface area contributed by atoms with Gasteiger partial charge in [0.05, 0.1) is 16.8 Å². The van der Waals surface area contributed by atoms with Crippen molar-refractivity contribution in [2.45, 2.75) is 31.1 Å². The number of anilines is 2. The Bertz CT molecular complexity index is 1780. The third kappa shape index (κ3) is 5.39. The third-order valence-electron chi connectivity index (χ3n) is 6.39. The van der Waals surface area contributed by atoms with Crippen molar-refractivity contribution in [3.05, 3.63) is 108 Å². The number of carbonyl (C=O) groups is 1. The second-order valence-corrected chi connectivity index (χ2v) is 11.9. The molecule has 0 radical (unpaired) electrons. The fraction of sp³-hybridized carbons (Fsp3) is 0.133. The Morgan fingerprint density at radius 2 is 1.67 bits per heavy atom. The lowest BCUT2D eigenvalue weighted by Crippen LogP contribution is -2.15. The summed E-state index contributed by atoms with van der Waals surface area (Å²) in [5, 5.41) is 3.22. The van der Waals surface area contributed by atoms with E-state index < -0.39 is 21.7 Å². The predicted octanol–water partition coefficient (Wildman–Crippen LogP) is 6.72. The third-order valence-corrected chi connectivity index (χ3v) is 7.79. The van der Waals surface area contributed by atoms with Gasteiger partial charge in [-0.15, -0.1) is 0 Å². The van der Waals surface area contributed by atoms with Gasteiger partial charge in [-0.1, -0.05) is 63.2 Å². The Kier molecular flexibility index (Phi) is 6.69. The van der Waals surface area contributed by atoms with Gasteiger partial charge in [0, 0.05) is 28.4 Å². The molecule has 39 heavy (non-hydrogen) atoms. The Hall–Kier alpha value is -4.50. The molecule has 3 aromatic carbocycles. The summed E-state index contributed by atoms with van der Waals surface area (Å²) in [5.74, 6) is -1.20. The number of rotatable bonds is 6.